The zero-order valence-corrected chi connectivity index (χ0v) is 20.6. The Bertz CT molecular complexity index is 913. The van der Waals surface area contributed by atoms with Crippen LogP contribution >= 0.6 is 23.4 Å². The van der Waals surface area contributed by atoms with Gasteiger partial charge in [0.1, 0.15) is 6.04 Å². The summed E-state index contributed by atoms with van der Waals surface area (Å²) in [6.07, 6.45) is 2.80. The van der Waals surface area contributed by atoms with E-state index in [9.17, 15) is 19.5 Å². The predicted octanol–water partition coefficient (Wildman–Crippen LogP) is 2.91. The van der Waals surface area contributed by atoms with Crippen LogP contribution in [0.3, 0.4) is 0 Å². The molecule has 1 aromatic carbocycles. The summed E-state index contributed by atoms with van der Waals surface area (Å²) < 4.78 is -0.633. The van der Waals surface area contributed by atoms with Crippen LogP contribution in [0.25, 0.3) is 0 Å². The number of aliphatic hydroxyl groups is 1. The number of nitrogens with one attached hydrogen (secondary N) is 2. The average molecular weight is 494 g/mol. The molecule has 0 radical (unpaired) electrons. The van der Waals surface area contributed by atoms with Crippen molar-refractivity contribution in [2.75, 3.05) is 25.0 Å². The van der Waals surface area contributed by atoms with Crippen LogP contribution in [-0.2, 0) is 14.4 Å². The first-order valence-electron chi connectivity index (χ1n) is 11.8. The number of fused-ring (bicyclic) bond motifs is 1. The largest absolute Gasteiger partial charge is 0.396 e. The molecule has 0 saturated carbocycles. The number of likely N-dealkylation sites (tertiary alicyclic amines) is 1. The number of hydrogen-bond acceptors (Lipinski definition) is 5. The second kappa shape index (κ2) is 9.84. The van der Waals surface area contributed by atoms with Crippen LogP contribution in [0.1, 0.15) is 39.5 Å². The molecule has 3 unspecified atom stereocenters. The Morgan fingerprint density at radius 2 is 1.97 bits per heavy atom. The van der Waals surface area contributed by atoms with Gasteiger partial charge in [0.15, 0.2) is 0 Å². The van der Waals surface area contributed by atoms with Crippen LogP contribution in [-0.4, -0.2) is 63.5 Å². The van der Waals surface area contributed by atoms with E-state index in [1.165, 1.54) is 0 Å². The van der Waals surface area contributed by atoms with E-state index < -0.39 is 22.6 Å². The topological polar surface area (TPSA) is 98.7 Å². The highest BCUT2D eigenvalue weighted by molar-refractivity contribution is 8.02. The molecule has 3 aliphatic heterocycles. The molecule has 3 aliphatic rings. The number of aliphatic hydroxyl groups excluding tert-OH is 1. The Balaban J connectivity index is 1.68. The highest BCUT2D eigenvalue weighted by Crippen LogP contribution is 2.68. The van der Waals surface area contributed by atoms with Crippen molar-refractivity contribution < 1.29 is 19.5 Å². The van der Waals surface area contributed by atoms with Gasteiger partial charge >= 0.3 is 0 Å². The maximum atomic E-state index is 13.8. The molecule has 3 N–H and O–H groups in total. The molecular formula is C24H32ClN3O4S. The normalized spacial score (nSPS) is 32.2. The Labute approximate surface area is 204 Å². The SMILES string of the molecule is CCCNC(=O)[C@@H]1[C@H]2C(=O)N(CCCCO)C(C(=O)Nc3ccc(Cl)cc3)C23S[C@@H]1CC3C. The van der Waals surface area contributed by atoms with Crippen molar-refractivity contribution in [3.05, 3.63) is 29.3 Å². The first-order valence-corrected chi connectivity index (χ1v) is 13.0. The van der Waals surface area contributed by atoms with E-state index in [-0.39, 0.29) is 35.5 Å². The van der Waals surface area contributed by atoms with Crippen molar-refractivity contribution in [1.29, 1.82) is 0 Å². The molecule has 0 aliphatic carbocycles. The number of unbranched alkanes of at least 4 members (excludes halogenated alkanes) is 1. The smallest absolute Gasteiger partial charge is 0.248 e. The van der Waals surface area contributed by atoms with Crippen molar-refractivity contribution in [2.45, 2.75) is 55.6 Å². The maximum Gasteiger partial charge on any atom is 0.248 e. The van der Waals surface area contributed by atoms with Crippen LogP contribution in [0.15, 0.2) is 24.3 Å². The molecule has 3 saturated heterocycles. The molecule has 1 spiro atoms. The number of carbonyl (C=O) groups excluding carboxylic acids is 3. The number of benzene rings is 1. The van der Waals surface area contributed by atoms with Crippen molar-refractivity contribution in [1.82, 2.24) is 10.2 Å². The molecule has 33 heavy (non-hydrogen) atoms. The molecule has 3 heterocycles. The van der Waals surface area contributed by atoms with Crippen LogP contribution in [0.2, 0.25) is 5.02 Å². The predicted molar refractivity (Wildman–Crippen MR) is 130 cm³/mol. The van der Waals surface area contributed by atoms with Gasteiger partial charge < -0.3 is 20.6 Å². The lowest BCUT2D eigenvalue weighted by Crippen LogP contribution is -2.55. The Morgan fingerprint density at radius 3 is 2.64 bits per heavy atom. The third-order valence-electron chi connectivity index (χ3n) is 7.26. The minimum Gasteiger partial charge on any atom is -0.396 e. The summed E-state index contributed by atoms with van der Waals surface area (Å²) in [7, 11) is 0. The molecule has 2 bridgehead atoms. The van der Waals surface area contributed by atoms with E-state index in [0.717, 1.165) is 12.8 Å². The molecular weight excluding hydrogens is 462 g/mol. The lowest BCUT2D eigenvalue weighted by Gasteiger charge is -2.38. The van der Waals surface area contributed by atoms with Gasteiger partial charge in [-0.3, -0.25) is 14.4 Å². The first kappa shape index (κ1) is 24.4. The second-order valence-electron chi connectivity index (χ2n) is 9.30. The van der Waals surface area contributed by atoms with Gasteiger partial charge in [0, 0.05) is 35.7 Å². The van der Waals surface area contributed by atoms with E-state index >= 15 is 0 Å². The van der Waals surface area contributed by atoms with Gasteiger partial charge in [-0.2, -0.15) is 0 Å². The molecule has 3 fully saturated rings. The van der Waals surface area contributed by atoms with Crippen LogP contribution in [0.5, 0.6) is 0 Å². The van der Waals surface area contributed by atoms with Crippen LogP contribution in [0.4, 0.5) is 5.69 Å². The summed E-state index contributed by atoms with van der Waals surface area (Å²) in [6, 6.07) is 6.24. The van der Waals surface area contributed by atoms with Crippen molar-refractivity contribution in [2.24, 2.45) is 17.8 Å². The minimum atomic E-state index is -0.668. The standard InChI is InChI=1S/C24H32ClN3O4S/c1-3-10-26-21(30)18-17-13-14(2)24(33-17)19(18)23(32)28(11-4-5-12-29)20(24)22(31)27-16-8-6-15(25)7-9-16/h6-9,14,17-20,29H,3-5,10-13H2,1-2H3,(H,26,30)(H,27,31)/t14?,17-,18+,19+,20?,24?/m1/s1. The summed E-state index contributed by atoms with van der Waals surface area (Å²) in [5.74, 6) is -1.22. The summed E-state index contributed by atoms with van der Waals surface area (Å²) in [4.78, 5) is 42.3. The fraction of sp³-hybridized carbons (Fsp3) is 0.625. The summed E-state index contributed by atoms with van der Waals surface area (Å²) in [6.45, 7) is 5.11. The first-order chi connectivity index (χ1) is 15.8. The second-order valence-corrected chi connectivity index (χ2v) is 11.3. The van der Waals surface area contributed by atoms with Gasteiger partial charge in [0.25, 0.3) is 0 Å². The van der Waals surface area contributed by atoms with E-state index in [2.05, 4.69) is 17.6 Å². The Morgan fingerprint density at radius 1 is 1.24 bits per heavy atom. The molecule has 7 nitrogen and oxygen atoms in total. The monoisotopic (exact) mass is 493 g/mol. The highest BCUT2D eigenvalue weighted by Gasteiger charge is 2.75. The quantitative estimate of drug-likeness (QED) is 0.459. The number of hydrogen-bond donors (Lipinski definition) is 3. The molecule has 180 valence electrons. The van der Waals surface area contributed by atoms with Gasteiger partial charge in [-0.25, -0.2) is 0 Å². The van der Waals surface area contributed by atoms with E-state index in [1.807, 2.05) is 6.92 Å². The highest BCUT2D eigenvalue weighted by atomic mass is 35.5. The van der Waals surface area contributed by atoms with E-state index in [0.29, 0.717) is 36.6 Å². The number of halogens is 1. The number of nitrogens with zero attached hydrogens (tertiary/aromatic N) is 1. The maximum absolute atomic E-state index is 13.8. The fourth-order valence-corrected chi connectivity index (χ4v) is 8.41. The van der Waals surface area contributed by atoms with Gasteiger partial charge in [-0.1, -0.05) is 25.4 Å². The van der Waals surface area contributed by atoms with E-state index in [1.54, 1.807) is 40.9 Å². The van der Waals surface area contributed by atoms with Crippen molar-refractivity contribution >= 4 is 46.8 Å². The molecule has 9 heteroatoms. The third-order valence-corrected chi connectivity index (χ3v) is 9.59. The van der Waals surface area contributed by atoms with Gasteiger partial charge in [0.2, 0.25) is 17.7 Å². The lowest BCUT2D eigenvalue weighted by molar-refractivity contribution is -0.139. The van der Waals surface area contributed by atoms with Gasteiger partial charge in [-0.05, 0) is 55.9 Å². The number of amides is 3. The van der Waals surface area contributed by atoms with Crippen LogP contribution in [0, 0.1) is 17.8 Å². The fourth-order valence-electron chi connectivity index (χ4n) is 5.86. The Kier molecular flexibility index (Phi) is 7.26. The van der Waals surface area contributed by atoms with Gasteiger partial charge in [0.05, 0.1) is 16.6 Å². The summed E-state index contributed by atoms with van der Waals surface area (Å²) in [5.41, 5.74) is 0.620. The zero-order chi connectivity index (χ0) is 23.8. The number of thioether (sulfide) groups is 1. The molecule has 3 amide bonds. The third kappa shape index (κ3) is 4.15. The minimum absolute atomic E-state index is 0.0352. The van der Waals surface area contributed by atoms with Crippen LogP contribution < -0.4 is 10.6 Å². The lowest BCUT2D eigenvalue weighted by atomic mass is 9.66. The number of carbonyl (C=O) groups is 3. The summed E-state index contributed by atoms with van der Waals surface area (Å²) in [5, 5.41) is 15.8. The molecule has 0 aromatic heterocycles. The Hall–Kier alpha value is -1.77. The molecule has 4 rings (SSSR count). The van der Waals surface area contributed by atoms with Gasteiger partial charge in [-0.15, -0.1) is 11.8 Å². The van der Waals surface area contributed by atoms with E-state index in [4.69, 9.17) is 11.6 Å². The number of anilines is 1. The number of rotatable bonds is 9. The average Bonchev–Trinajstić information content (AvgIpc) is 3.38. The van der Waals surface area contributed by atoms with Crippen molar-refractivity contribution in [3.63, 3.8) is 0 Å². The zero-order valence-electron chi connectivity index (χ0n) is 19.1. The summed E-state index contributed by atoms with van der Waals surface area (Å²) >= 11 is 7.65. The van der Waals surface area contributed by atoms with Crippen molar-refractivity contribution in [3.8, 4) is 0 Å². The molecule has 1 aromatic rings. The molecule has 6 atom stereocenters.